The minimum Gasteiger partial charge on any atom is -0.496 e. The molecule has 0 aliphatic rings. The molecule has 2 aromatic rings. The van der Waals surface area contributed by atoms with Gasteiger partial charge in [0.1, 0.15) is 22.5 Å². The summed E-state index contributed by atoms with van der Waals surface area (Å²) in [5.41, 5.74) is 0.682. The van der Waals surface area contributed by atoms with E-state index in [1.807, 2.05) is 6.26 Å². The van der Waals surface area contributed by atoms with Gasteiger partial charge in [-0.25, -0.2) is 12.8 Å². The van der Waals surface area contributed by atoms with Gasteiger partial charge in [-0.15, -0.1) is 0 Å². The molecule has 0 aliphatic heterocycles. The summed E-state index contributed by atoms with van der Waals surface area (Å²) in [7, 11) is -1.15. The van der Waals surface area contributed by atoms with Crippen molar-refractivity contribution in [2.24, 2.45) is 0 Å². The molecule has 0 spiro atoms. The zero-order chi connectivity index (χ0) is 22.3. The summed E-state index contributed by atoms with van der Waals surface area (Å²) in [5.74, 6) is -0.208. The molecule has 0 fully saturated rings. The molecule has 0 saturated carbocycles. The van der Waals surface area contributed by atoms with Crippen LogP contribution >= 0.6 is 23.4 Å². The van der Waals surface area contributed by atoms with Crippen LogP contribution in [0, 0.1) is 5.82 Å². The smallest absolute Gasteiger partial charge is 0.244 e. The van der Waals surface area contributed by atoms with Gasteiger partial charge in [-0.3, -0.25) is 4.79 Å². The third-order valence-electron chi connectivity index (χ3n) is 4.36. The van der Waals surface area contributed by atoms with Crippen molar-refractivity contribution in [3.8, 4) is 5.75 Å². The number of halogens is 2. The maximum atomic E-state index is 14.0. The molecule has 0 radical (unpaired) electrons. The number of thioether (sulfide) groups is 1. The van der Waals surface area contributed by atoms with Gasteiger partial charge in [0.05, 0.1) is 7.11 Å². The zero-order valence-electron chi connectivity index (χ0n) is 16.9. The first-order valence-corrected chi connectivity index (χ1v) is 12.3. The summed E-state index contributed by atoms with van der Waals surface area (Å²) in [6.45, 7) is 0.166. The van der Waals surface area contributed by atoms with E-state index in [2.05, 4.69) is 4.72 Å². The van der Waals surface area contributed by atoms with Crippen molar-refractivity contribution in [1.82, 2.24) is 9.62 Å². The van der Waals surface area contributed by atoms with Crippen molar-refractivity contribution in [1.29, 1.82) is 0 Å². The fourth-order valence-electron chi connectivity index (χ4n) is 2.85. The molecule has 1 atom stereocenters. The Morgan fingerprint density at radius 1 is 1.30 bits per heavy atom. The molecule has 1 N–H and O–H groups in total. The van der Waals surface area contributed by atoms with E-state index in [0.29, 0.717) is 22.1 Å². The average molecular weight is 475 g/mol. The van der Waals surface area contributed by atoms with Crippen molar-refractivity contribution in [3.63, 3.8) is 0 Å². The Balaban J connectivity index is 2.24. The van der Waals surface area contributed by atoms with E-state index in [4.69, 9.17) is 16.3 Å². The van der Waals surface area contributed by atoms with E-state index in [9.17, 15) is 17.6 Å². The van der Waals surface area contributed by atoms with Crippen molar-refractivity contribution in [2.45, 2.75) is 23.9 Å². The van der Waals surface area contributed by atoms with Crippen LogP contribution in [0.3, 0.4) is 0 Å². The van der Waals surface area contributed by atoms with Gasteiger partial charge >= 0.3 is 0 Å². The Hall–Kier alpha value is -1.81. The molecular formula is C20H24ClFN2O4S2. The molecule has 0 bridgehead atoms. The van der Waals surface area contributed by atoms with E-state index in [1.54, 1.807) is 25.2 Å². The van der Waals surface area contributed by atoms with Gasteiger partial charge < -0.3 is 9.64 Å². The van der Waals surface area contributed by atoms with Gasteiger partial charge in [-0.1, -0.05) is 23.7 Å². The highest BCUT2D eigenvalue weighted by Crippen LogP contribution is 2.24. The number of carbonyl (C=O) groups is 1. The Kier molecular flexibility index (Phi) is 8.96. The van der Waals surface area contributed by atoms with E-state index in [0.717, 1.165) is 12.1 Å². The third kappa shape index (κ3) is 6.34. The molecule has 10 heteroatoms. The van der Waals surface area contributed by atoms with Crippen LogP contribution in [0.15, 0.2) is 47.4 Å². The fourth-order valence-corrected chi connectivity index (χ4v) is 4.82. The summed E-state index contributed by atoms with van der Waals surface area (Å²) >= 11 is 7.53. The van der Waals surface area contributed by atoms with Crippen LogP contribution in [0.1, 0.15) is 12.0 Å². The first kappa shape index (κ1) is 24.5. The lowest BCUT2D eigenvalue weighted by atomic mass is 10.1. The predicted octanol–water partition coefficient (Wildman–Crippen LogP) is 3.55. The lowest BCUT2D eigenvalue weighted by Crippen LogP contribution is -2.47. The van der Waals surface area contributed by atoms with Crippen molar-refractivity contribution < 1.29 is 22.3 Å². The molecule has 1 amide bonds. The Bertz CT molecular complexity index is 989. The van der Waals surface area contributed by atoms with E-state index in [1.165, 1.54) is 35.9 Å². The Labute approximate surface area is 185 Å². The largest absolute Gasteiger partial charge is 0.496 e. The van der Waals surface area contributed by atoms with Gasteiger partial charge in [0, 0.05) is 24.2 Å². The van der Waals surface area contributed by atoms with Gasteiger partial charge in [0.15, 0.2) is 0 Å². The molecule has 2 aromatic carbocycles. The minimum absolute atomic E-state index is 0.166. The lowest BCUT2D eigenvalue weighted by molar-refractivity contribution is -0.132. The number of benzene rings is 2. The normalized spacial score (nSPS) is 12.4. The van der Waals surface area contributed by atoms with Gasteiger partial charge in [0.2, 0.25) is 15.9 Å². The van der Waals surface area contributed by atoms with Crippen LogP contribution in [0.4, 0.5) is 4.39 Å². The molecule has 0 aromatic heterocycles. The van der Waals surface area contributed by atoms with Crippen molar-refractivity contribution in [2.75, 3.05) is 26.2 Å². The molecule has 6 nitrogen and oxygen atoms in total. The summed E-state index contributed by atoms with van der Waals surface area (Å²) in [6, 6.07) is 9.06. The maximum Gasteiger partial charge on any atom is 0.244 e. The second-order valence-corrected chi connectivity index (χ2v) is 9.64. The van der Waals surface area contributed by atoms with Crippen LogP contribution in [0.2, 0.25) is 5.02 Å². The second kappa shape index (κ2) is 11.0. The summed E-state index contributed by atoms with van der Waals surface area (Å²) < 4.78 is 47.1. The molecular weight excluding hydrogens is 451 g/mol. The standard InChI is InChI=1S/C20H24ClFN2O4S2/c1-24(13-14-12-15(21)8-9-18(14)28-2)20(25)17(10-11-29-3)23-30(26,27)19-7-5-4-6-16(19)22/h4-9,12,17,23H,10-11,13H2,1-3H3. The number of carbonyl (C=O) groups excluding carboxylic acids is 1. The summed E-state index contributed by atoms with van der Waals surface area (Å²) in [5, 5.41) is 0.492. The molecule has 0 heterocycles. The van der Waals surface area contributed by atoms with Crippen molar-refractivity contribution in [3.05, 3.63) is 58.9 Å². The molecule has 30 heavy (non-hydrogen) atoms. The van der Waals surface area contributed by atoms with Gasteiger partial charge in [0.25, 0.3) is 0 Å². The number of likely N-dealkylation sites (N-methyl/N-ethyl adjacent to an activating group) is 1. The van der Waals surface area contributed by atoms with Crippen LogP contribution in [-0.4, -0.2) is 51.4 Å². The topological polar surface area (TPSA) is 75.7 Å². The zero-order valence-corrected chi connectivity index (χ0v) is 19.3. The molecule has 1 unspecified atom stereocenters. The molecule has 0 aliphatic carbocycles. The highest BCUT2D eigenvalue weighted by Gasteiger charge is 2.29. The van der Waals surface area contributed by atoms with Gasteiger partial charge in [-0.05, 0) is 48.8 Å². The second-order valence-electron chi connectivity index (χ2n) is 6.54. The van der Waals surface area contributed by atoms with Gasteiger partial charge in [-0.2, -0.15) is 16.5 Å². The van der Waals surface area contributed by atoms with E-state index in [-0.39, 0.29) is 13.0 Å². The molecule has 2 rings (SSSR count). The quantitative estimate of drug-likeness (QED) is 0.570. The van der Waals surface area contributed by atoms with Crippen LogP contribution in [-0.2, 0) is 21.4 Å². The fraction of sp³-hybridized carbons (Fsp3) is 0.350. The van der Waals surface area contributed by atoms with Crippen molar-refractivity contribution >= 4 is 39.3 Å². The number of nitrogens with one attached hydrogen (secondary N) is 1. The summed E-state index contributed by atoms with van der Waals surface area (Å²) in [6.07, 6.45) is 2.11. The number of sulfonamides is 1. The molecule has 0 saturated heterocycles. The predicted molar refractivity (Wildman–Crippen MR) is 118 cm³/mol. The number of hydrogen-bond donors (Lipinski definition) is 1. The highest BCUT2D eigenvalue weighted by atomic mass is 35.5. The van der Waals surface area contributed by atoms with Crippen LogP contribution in [0.5, 0.6) is 5.75 Å². The Morgan fingerprint density at radius 3 is 2.63 bits per heavy atom. The van der Waals surface area contributed by atoms with Crippen LogP contribution < -0.4 is 9.46 Å². The third-order valence-corrected chi connectivity index (χ3v) is 6.74. The monoisotopic (exact) mass is 474 g/mol. The maximum absolute atomic E-state index is 14.0. The first-order chi connectivity index (χ1) is 14.2. The molecule has 164 valence electrons. The van der Waals surface area contributed by atoms with E-state index < -0.39 is 32.7 Å². The lowest BCUT2D eigenvalue weighted by Gasteiger charge is -2.25. The van der Waals surface area contributed by atoms with Crippen LogP contribution in [0.25, 0.3) is 0 Å². The SMILES string of the molecule is COc1ccc(Cl)cc1CN(C)C(=O)C(CCSC)NS(=O)(=O)c1ccccc1F. The number of ether oxygens (including phenoxy) is 1. The number of nitrogens with zero attached hydrogens (tertiary/aromatic N) is 1. The first-order valence-electron chi connectivity index (χ1n) is 9.02. The summed E-state index contributed by atoms with van der Waals surface area (Å²) in [4.78, 5) is 14.0. The minimum atomic E-state index is -4.22. The van der Waals surface area contributed by atoms with E-state index >= 15 is 0 Å². The average Bonchev–Trinajstić information content (AvgIpc) is 2.70. The number of hydrogen-bond acceptors (Lipinski definition) is 5. The number of methoxy groups -OCH3 is 1. The Morgan fingerprint density at radius 2 is 2.00 bits per heavy atom. The number of amides is 1. The number of rotatable bonds is 10. The highest BCUT2D eigenvalue weighted by molar-refractivity contribution is 7.98.